The Balaban J connectivity index is 0.000000520. The van der Waals surface area contributed by atoms with Crippen molar-refractivity contribution in [2.75, 3.05) is 5.32 Å². The predicted octanol–water partition coefficient (Wildman–Crippen LogP) is 4.24. The second-order valence-corrected chi connectivity index (χ2v) is 7.27. The number of hydrogen-bond donors (Lipinski definition) is 1. The van der Waals surface area contributed by atoms with Crippen molar-refractivity contribution in [3.8, 4) is 17.5 Å². The molecule has 156 valence electrons. The number of aromatic nitrogens is 4. The molecular formula is C22H19FN6O2. The molecule has 0 saturated heterocycles. The first-order valence-corrected chi connectivity index (χ1v) is 9.67. The van der Waals surface area contributed by atoms with Gasteiger partial charge in [-0.1, -0.05) is 17.3 Å². The fourth-order valence-corrected chi connectivity index (χ4v) is 2.86. The standard InChI is InChI=1S/C19H14N6O2.C3H5F/c1-11-3-4-13(18-22-10-27-24-18)5-15(11)23-19(26)16-8-21-17-6-14(7-20)12(2)9-25(16)17;4-3-1-2-3/h3-6,8-10H,1-2H3,(H,23,26);3H,1-2H2. The minimum atomic E-state index is -0.417. The molecule has 0 spiro atoms. The van der Waals surface area contributed by atoms with Gasteiger partial charge in [-0.2, -0.15) is 10.2 Å². The van der Waals surface area contributed by atoms with Crippen molar-refractivity contribution in [3.63, 3.8) is 0 Å². The topological polar surface area (TPSA) is 109 Å². The van der Waals surface area contributed by atoms with Gasteiger partial charge >= 0.3 is 0 Å². The number of halogens is 1. The zero-order valence-electron chi connectivity index (χ0n) is 17.0. The van der Waals surface area contributed by atoms with Crippen LogP contribution in [0.4, 0.5) is 10.1 Å². The molecule has 1 saturated carbocycles. The summed E-state index contributed by atoms with van der Waals surface area (Å²) in [6.07, 6.45) is 5.70. The molecule has 31 heavy (non-hydrogen) atoms. The highest BCUT2D eigenvalue weighted by atomic mass is 19.1. The second-order valence-electron chi connectivity index (χ2n) is 7.27. The van der Waals surface area contributed by atoms with E-state index in [4.69, 9.17) is 9.78 Å². The third-order valence-corrected chi connectivity index (χ3v) is 4.81. The normalized spacial score (nSPS) is 12.7. The summed E-state index contributed by atoms with van der Waals surface area (Å²) in [5, 5.41) is 15.9. The number of fused-ring (bicyclic) bond motifs is 1. The molecule has 0 aliphatic heterocycles. The van der Waals surface area contributed by atoms with Gasteiger partial charge in [0.05, 0.1) is 17.8 Å². The highest BCUT2D eigenvalue weighted by Gasteiger charge is 2.18. The second kappa shape index (κ2) is 8.36. The molecule has 0 radical (unpaired) electrons. The molecule has 0 atom stereocenters. The van der Waals surface area contributed by atoms with Gasteiger partial charge in [-0.15, -0.1) is 0 Å². The maximum Gasteiger partial charge on any atom is 0.274 e. The monoisotopic (exact) mass is 418 g/mol. The zero-order valence-corrected chi connectivity index (χ0v) is 17.0. The molecule has 1 aliphatic carbocycles. The van der Waals surface area contributed by atoms with E-state index >= 15 is 0 Å². The van der Waals surface area contributed by atoms with Crippen LogP contribution >= 0.6 is 0 Å². The van der Waals surface area contributed by atoms with E-state index in [-0.39, 0.29) is 5.91 Å². The Labute approximate surface area is 177 Å². The molecule has 8 nitrogen and oxygen atoms in total. The molecule has 1 aromatic carbocycles. The Hall–Kier alpha value is -4.06. The molecule has 3 heterocycles. The Kier molecular flexibility index (Phi) is 5.45. The number of carbonyl (C=O) groups is 1. The van der Waals surface area contributed by atoms with Gasteiger partial charge < -0.3 is 9.84 Å². The average Bonchev–Trinajstić information content (AvgIpc) is 3.21. The van der Waals surface area contributed by atoms with Gasteiger partial charge in [0, 0.05) is 17.4 Å². The minimum absolute atomic E-state index is 0.306. The third-order valence-electron chi connectivity index (χ3n) is 4.81. The van der Waals surface area contributed by atoms with E-state index in [1.54, 1.807) is 22.7 Å². The van der Waals surface area contributed by atoms with Crippen molar-refractivity contribution in [3.05, 3.63) is 65.4 Å². The van der Waals surface area contributed by atoms with Gasteiger partial charge in [-0.25, -0.2) is 9.37 Å². The molecule has 4 aromatic rings. The van der Waals surface area contributed by atoms with Crippen LogP contribution in [0.25, 0.3) is 17.0 Å². The highest BCUT2D eigenvalue weighted by molar-refractivity contribution is 6.04. The van der Waals surface area contributed by atoms with Crippen molar-refractivity contribution in [1.29, 1.82) is 5.26 Å². The lowest BCUT2D eigenvalue weighted by atomic mass is 10.1. The number of pyridine rings is 1. The van der Waals surface area contributed by atoms with Crippen LogP contribution in [0, 0.1) is 25.2 Å². The summed E-state index contributed by atoms with van der Waals surface area (Å²) in [6, 6.07) is 9.30. The first-order chi connectivity index (χ1) is 15.0. The zero-order chi connectivity index (χ0) is 22.0. The summed E-state index contributed by atoms with van der Waals surface area (Å²) in [5.74, 6) is 0.139. The van der Waals surface area contributed by atoms with Crippen LogP contribution in [-0.4, -0.2) is 31.6 Å². The number of rotatable bonds is 3. The lowest BCUT2D eigenvalue weighted by Gasteiger charge is -2.10. The van der Waals surface area contributed by atoms with E-state index in [0.29, 0.717) is 28.4 Å². The third kappa shape index (κ3) is 4.43. The van der Waals surface area contributed by atoms with Crippen molar-refractivity contribution in [2.24, 2.45) is 0 Å². The fraction of sp³-hybridized carbons (Fsp3) is 0.227. The minimum Gasteiger partial charge on any atom is -0.342 e. The first-order valence-electron chi connectivity index (χ1n) is 9.67. The lowest BCUT2D eigenvalue weighted by Crippen LogP contribution is -2.15. The number of alkyl halides is 1. The van der Waals surface area contributed by atoms with Crippen LogP contribution in [0.5, 0.6) is 0 Å². The Morgan fingerprint density at radius 2 is 2.03 bits per heavy atom. The maximum absolute atomic E-state index is 12.8. The molecule has 1 amide bonds. The van der Waals surface area contributed by atoms with Crippen LogP contribution < -0.4 is 5.32 Å². The Morgan fingerprint density at radius 1 is 1.26 bits per heavy atom. The van der Waals surface area contributed by atoms with Crippen LogP contribution in [0.3, 0.4) is 0 Å². The quantitative estimate of drug-likeness (QED) is 0.533. The summed E-state index contributed by atoms with van der Waals surface area (Å²) in [5.41, 5.74) is 4.49. The van der Waals surface area contributed by atoms with E-state index in [9.17, 15) is 9.18 Å². The number of benzene rings is 1. The van der Waals surface area contributed by atoms with Gasteiger partial charge in [-0.05, 0) is 49.9 Å². The Bertz CT molecular complexity index is 1290. The number of hydrogen-bond acceptors (Lipinski definition) is 6. The Morgan fingerprint density at radius 3 is 2.68 bits per heavy atom. The number of imidazole rings is 1. The average molecular weight is 418 g/mol. The van der Waals surface area contributed by atoms with Crippen molar-refractivity contribution in [2.45, 2.75) is 32.9 Å². The van der Waals surface area contributed by atoms with E-state index in [2.05, 4.69) is 26.5 Å². The number of aryl methyl sites for hydroxylation is 2. The fourth-order valence-electron chi connectivity index (χ4n) is 2.86. The largest absolute Gasteiger partial charge is 0.342 e. The van der Waals surface area contributed by atoms with Crippen LogP contribution in [0.1, 0.15) is 40.0 Å². The lowest BCUT2D eigenvalue weighted by molar-refractivity contribution is 0.102. The number of nitrogens with one attached hydrogen (secondary N) is 1. The summed E-state index contributed by atoms with van der Waals surface area (Å²) in [6.45, 7) is 3.71. The molecule has 9 heteroatoms. The first kappa shape index (κ1) is 20.2. The van der Waals surface area contributed by atoms with Crippen molar-refractivity contribution in [1.82, 2.24) is 19.5 Å². The van der Waals surface area contributed by atoms with E-state index < -0.39 is 6.17 Å². The van der Waals surface area contributed by atoms with Gasteiger partial charge in [0.25, 0.3) is 5.91 Å². The molecule has 0 unspecified atom stereocenters. The molecule has 1 fully saturated rings. The van der Waals surface area contributed by atoms with E-state index in [1.165, 1.54) is 12.6 Å². The van der Waals surface area contributed by atoms with E-state index in [0.717, 1.165) is 29.5 Å². The molecule has 1 aliphatic rings. The number of amides is 1. The summed E-state index contributed by atoms with van der Waals surface area (Å²) >= 11 is 0. The smallest absolute Gasteiger partial charge is 0.274 e. The van der Waals surface area contributed by atoms with Crippen molar-refractivity contribution < 1.29 is 13.7 Å². The molecule has 3 aromatic heterocycles. The molecule has 5 rings (SSSR count). The number of nitrogens with zero attached hydrogens (tertiary/aromatic N) is 5. The maximum atomic E-state index is 12.8. The summed E-state index contributed by atoms with van der Waals surface area (Å²) in [4.78, 5) is 21.1. The summed E-state index contributed by atoms with van der Waals surface area (Å²) in [7, 11) is 0. The molecule has 1 N–H and O–H groups in total. The van der Waals surface area contributed by atoms with Gasteiger partial charge in [0.1, 0.15) is 17.5 Å². The van der Waals surface area contributed by atoms with Crippen molar-refractivity contribution >= 4 is 17.2 Å². The summed E-state index contributed by atoms with van der Waals surface area (Å²) < 4.78 is 17.6. The number of carbonyl (C=O) groups excluding carboxylic acids is 1. The number of anilines is 1. The SMILES string of the molecule is Cc1cn2c(C(=O)Nc3cc(-c4ncon4)ccc3C)cnc2cc1C#N.FC1CC1. The van der Waals surface area contributed by atoms with Gasteiger partial charge in [-0.3, -0.25) is 9.20 Å². The predicted molar refractivity (Wildman–Crippen MR) is 111 cm³/mol. The van der Waals surface area contributed by atoms with Crippen LogP contribution in [-0.2, 0) is 0 Å². The molecule has 0 bridgehead atoms. The van der Waals surface area contributed by atoms with Gasteiger partial charge in [0.2, 0.25) is 12.2 Å². The van der Waals surface area contributed by atoms with Gasteiger partial charge in [0.15, 0.2) is 0 Å². The van der Waals surface area contributed by atoms with Crippen LogP contribution in [0.2, 0.25) is 0 Å². The highest BCUT2D eigenvalue weighted by Crippen LogP contribution is 2.24. The van der Waals surface area contributed by atoms with E-state index in [1.807, 2.05) is 26.0 Å². The molecular weight excluding hydrogens is 399 g/mol. The van der Waals surface area contributed by atoms with Crippen LogP contribution in [0.15, 0.2) is 47.6 Å². The number of nitriles is 1.